The summed E-state index contributed by atoms with van der Waals surface area (Å²) in [5.74, 6) is 0. The number of unbranched alkanes of at least 4 members (excludes halogenated alkanes) is 1. The number of rotatable bonds is 2. The first kappa shape index (κ1) is 13.4. The van der Waals surface area contributed by atoms with Crippen LogP contribution >= 0.6 is 0 Å². The summed E-state index contributed by atoms with van der Waals surface area (Å²) in [4.78, 5) is 0. The average molecular weight is 171 g/mol. The largest absolute Gasteiger partial charge is 0.482 e. The number of alkyl halides is 3. The summed E-state index contributed by atoms with van der Waals surface area (Å²) in [6.07, 6.45) is -3.72. The van der Waals surface area contributed by atoms with Gasteiger partial charge in [0, 0.05) is 6.42 Å². The average Bonchev–Trinajstić information content (AvgIpc) is 1.84. The molecule has 0 saturated heterocycles. The van der Waals surface area contributed by atoms with E-state index in [1.807, 2.05) is 0 Å². The second kappa shape index (κ2) is 7.88. The van der Waals surface area contributed by atoms with Crippen LogP contribution < -0.4 is 0 Å². The molecule has 0 aliphatic carbocycles. The van der Waals surface area contributed by atoms with Gasteiger partial charge in [0.05, 0.1) is 0 Å². The first-order chi connectivity index (χ1) is 4.97. The topological polar surface area (TPSA) is 40.5 Å². The van der Waals surface area contributed by atoms with Crippen LogP contribution in [0.1, 0.15) is 26.2 Å². The van der Waals surface area contributed by atoms with E-state index < -0.39 is 12.6 Å². The van der Waals surface area contributed by atoms with Gasteiger partial charge in [0.1, 0.15) is 0 Å². The quantitative estimate of drug-likeness (QED) is 0.613. The Morgan fingerprint density at radius 2 is 1.64 bits per heavy atom. The number of halogens is 3. The molecule has 0 saturated carbocycles. The Morgan fingerprint density at radius 1 is 1.27 bits per heavy atom. The highest BCUT2D eigenvalue weighted by Crippen LogP contribution is 2.21. The highest BCUT2D eigenvalue weighted by Gasteiger charge is 2.25. The van der Waals surface area contributed by atoms with Crippen LogP contribution in [0.3, 0.4) is 0 Å². The standard InChI is InChI=1S/C5H9F3.BH2O2/c1-2-3-4-5(6,7)8;2-1-3/h2-4H2,1H3;2-3H. The van der Waals surface area contributed by atoms with Crippen molar-refractivity contribution in [2.75, 3.05) is 0 Å². The third-order valence-corrected chi connectivity index (χ3v) is 0.814. The molecule has 0 atom stereocenters. The lowest BCUT2D eigenvalue weighted by molar-refractivity contribution is -0.135. The summed E-state index contributed by atoms with van der Waals surface area (Å²) in [7, 11) is 0. The van der Waals surface area contributed by atoms with E-state index >= 15 is 0 Å². The minimum atomic E-state index is -3.95. The molecule has 0 aliphatic rings. The van der Waals surface area contributed by atoms with Gasteiger partial charge in [-0.3, -0.25) is 0 Å². The molecule has 2 N–H and O–H groups in total. The predicted octanol–water partition coefficient (Wildman–Crippen LogP) is 1.24. The lowest BCUT2D eigenvalue weighted by Gasteiger charge is -2.02. The molecule has 0 aromatic carbocycles. The Bertz CT molecular complexity index is 76.6. The Kier molecular flexibility index (Phi) is 9.57. The minimum Gasteiger partial charge on any atom is -0.429 e. The van der Waals surface area contributed by atoms with Crippen molar-refractivity contribution < 1.29 is 23.2 Å². The second-order valence-corrected chi connectivity index (χ2v) is 1.83. The Labute approximate surface area is 64.3 Å². The fraction of sp³-hybridized carbons (Fsp3) is 1.00. The molecule has 0 aromatic rings. The molecular formula is C5H11BF3O2. The second-order valence-electron chi connectivity index (χ2n) is 1.83. The third-order valence-electron chi connectivity index (χ3n) is 0.814. The van der Waals surface area contributed by atoms with Crippen LogP contribution in [0.15, 0.2) is 0 Å². The fourth-order valence-electron chi connectivity index (χ4n) is 0.377. The lowest BCUT2D eigenvalue weighted by atomic mass is 10.2. The van der Waals surface area contributed by atoms with Gasteiger partial charge >= 0.3 is 13.9 Å². The Balaban J connectivity index is 0. The summed E-state index contributed by atoms with van der Waals surface area (Å²) in [6, 6.07) is 0. The van der Waals surface area contributed by atoms with E-state index in [0.29, 0.717) is 6.42 Å². The van der Waals surface area contributed by atoms with Crippen LogP contribution in [-0.4, -0.2) is 23.9 Å². The van der Waals surface area contributed by atoms with Crippen molar-refractivity contribution in [3.8, 4) is 0 Å². The maximum Gasteiger partial charge on any atom is 0.482 e. The van der Waals surface area contributed by atoms with E-state index in [1.165, 1.54) is 0 Å². The smallest absolute Gasteiger partial charge is 0.429 e. The van der Waals surface area contributed by atoms with E-state index in [-0.39, 0.29) is 14.1 Å². The van der Waals surface area contributed by atoms with Crippen LogP contribution in [0.4, 0.5) is 13.2 Å². The molecule has 0 spiro atoms. The summed E-state index contributed by atoms with van der Waals surface area (Å²) in [6.45, 7) is 1.74. The zero-order valence-corrected chi connectivity index (χ0v) is 6.23. The molecule has 2 nitrogen and oxygen atoms in total. The van der Waals surface area contributed by atoms with E-state index in [9.17, 15) is 13.2 Å². The molecule has 0 heterocycles. The van der Waals surface area contributed by atoms with Crippen molar-refractivity contribution >= 4 is 7.69 Å². The Morgan fingerprint density at radius 3 is 1.73 bits per heavy atom. The van der Waals surface area contributed by atoms with Crippen LogP contribution in [0.5, 0.6) is 0 Å². The van der Waals surface area contributed by atoms with E-state index in [0.717, 1.165) is 0 Å². The van der Waals surface area contributed by atoms with Gasteiger partial charge in [-0.05, 0) is 6.42 Å². The van der Waals surface area contributed by atoms with Gasteiger partial charge in [0.25, 0.3) is 0 Å². The van der Waals surface area contributed by atoms with Gasteiger partial charge in [-0.2, -0.15) is 13.2 Å². The van der Waals surface area contributed by atoms with Crippen LogP contribution in [0, 0.1) is 0 Å². The molecular weight excluding hydrogens is 160 g/mol. The van der Waals surface area contributed by atoms with E-state index in [1.54, 1.807) is 6.92 Å². The SMILES string of the molecule is CCCCC(F)(F)F.O[B]O. The highest BCUT2D eigenvalue weighted by atomic mass is 19.4. The zero-order valence-electron chi connectivity index (χ0n) is 6.23. The molecule has 0 aliphatic heterocycles. The summed E-state index contributed by atoms with van der Waals surface area (Å²) >= 11 is 0. The molecule has 67 valence electrons. The van der Waals surface area contributed by atoms with E-state index in [4.69, 9.17) is 10.0 Å². The van der Waals surface area contributed by atoms with E-state index in [2.05, 4.69) is 0 Å². The van der Waals surface area contributed by atoms with Crippen LogP contribution in [0.25, 0.3) is 0 Å². The molecule has 0 rings (SSSR count). The number of hydrogen-bond acceptors (Lipinski definition) is 2. The van der Waals surface area contributed by atoms with Gasteiger partial charge in [0.2, 0.25) is 0 Å². The maximum absolute atomic E-state index is 11.2. The lowest BCUT2D eigenvalue weighted by Crippen LogP contribution is -2.05. The summed E-state index contributed by atoms with van der Waals surface area (Å²) < 4.78 is 33.7. The first-order valence-corrected chi connectivity index (χ1v) is 3.14. The van der Waals surface area contributed by atoms with Crippen molar-refractivity contribution in [3.63, 3.8) is 0 Å². The van der Waals surface area contributed by atoms with Gasteiger partial charge in [-0.25, -0.2) is 0 Å². The molecule has 0 fully saturated rings. The van der Waals surface area contributed by atoms with Crippen LogP contribution in [-0.2, 0) is 0 Å². The summed E-state index contributed by atoms with van der Waals surface area (Å²) in [5.41, 5.74) is 0. The zero-order chi connectivity index (χ0) is 9.33. The molecule has 0 unspecified atom stereocenters. The number of hydrogen-bond donors (Lipinski definition) is 2. The first-order valence-electron chi connectivity index (χ1n) is 3.14. The molecule has 11 heavy (non-hydrogen) atoms. The monoisotopic (exact) mass is 171 g/mol. The van der Waals surface area contributed by atoms with Crippen molar-refractivity contribution in [1.29, 1.82) is 0 Å². The minimum absolute atomic E-state index is 0. The van der Waals surface area contributed by atoms with Crippen molar-refractivity contribution in [3.05, 3.63) is 0 Å². The normalized spacial score (nSPS) is 10.0. The fourth-order valence-corrected chi connectivity index (χ4v) is 0.377. The van der Waals surface area contributed by atoms with Crippen LogP contribution in [0.2, 0.25) is 0 Å². The summed E-state index contributed by atoms with van der Waals surface area (Å²) in [5, 5.41) is 14.0. The van der Waals surface area contributed by atoms with Crippen molar-refractivity contribution in [2.45, 2.75) is 32.4 Å². The van der Waals surface area contributed by atoms with Crippen molar-refractivity contribution in [2.24, 2.45) is 0 Å². The molecule has 1 radical (unpaired) electrons. The van der Waals surface area contributed by atoms with Gasteiger partial charge < -0.3 is 10.0 Å². The van der Waals surface area contributed by atoms with Crippen molar-refractivity contribution in [1.82, 2.24) is 0 Å². The Hall–Kier alpha value is -0.225. The predicted molar refractivity (Wildman–Crippen MR) is 35.8 cm³/mol. The molecule has 0 aromatic heterocycles. The maximum atomic E-state index is 11.2. The molecule has 0 amide bonds. The highest BCUT2D eigenvalue weighted by molar-refractivity contribution is 6.13. The molecule has 0 bridgehead atoms. The van der Waals surface area contributed by atoms with Gasteiger partial charge in [-0.1, -0.05) is 13.3 Å². The third kappa shape index (κ3) is 25.9. The molecule has 6 heteroatoms. The van der Waals surface area contributed by atoms with Gasteiger partial charge in [0.15, 0.2) is 0 Å². The van der Waals surface area contributed by atoms with Gasteiger partial charge in [-0.15, -0.1) is 0 Å².